The summed E-state index contributed by atoms with van der Waals surface area (Å²) < 4.78 is 6.40. The summed E-state index contributed by atoms with van der Waals surface area (Å²) in [6, 6.07) is 8.90. The number of carbonyl (C=O) groups excluding carboxylic acids is 1. The van der Waals surface area contributed by atoms with Crippen molar-refractivity contribution in [3.8, 4) is 11.5 Å². The predicted molar refractivity (Wildman–Crippen MR) is 93.8 cm³/mol. The second-order valence-electron chi connectivity index (χ2n) is 4.30. The monoisotopic (exact) mass is 385 g/mol. The van der Waals surface area contributed by atoms with Crippen LogP contribution in [0.3, 0.4) is 0 Å². The largest absolute Gasteiger partial charge is 0.403 e. The quantitative estimate of drug-likeness (QED) is 0.634. The summed E-state index contributed by atoms with van der Waals surface area (Å²) in [5.41, 5.74) is 1.08. The van der Waals surface area contributed by atoms with Crippen molar-refractivity contribution >= 4 is 58.2 Å². The van der Waals surface area contributed by atoms with Crippen molar-refractivity contribution in [1.29, 1.82) is 0 Å². The fourth-order valence-corrected chi connectivity index (χ4v) is 3.91. The highest BCUT2D eigenvalue weighted by molar-refractivity contribution is 7.98. The van der Waals surface area contributed by atoms with Crippen molar-refractivity contribution in [1.82, 2.24) is 10.2 Å². The van der Waals surface area contributed by atoms with Gasteiger partial charge in [0.1, 0.15) is 4.34 Å². The molecule has 0 atom stereocenters. The van der Waals surface area contributed by atoms with Crippen LogP contribution >= 0.6 is 46.3 Å². The average Bonchev–Trinajstić information content (AvgIpc) is 3.13. The molecule has 2 heterocycles. The topological polar surface area (TPSA) is 68.0 Å². The van der Waals surface area contributed by atoms with Gasteiger partial charge in [0, 0.05) is 4.90 Å². The first-order valence-electron chi connectivity index (χ1n) is 6.31. The van der Waals surface area contributed by atoms with Crippen molar-refractivity contribution in [3.05, 3.63) is 44.6 Å². The minimum atomic E-state index is -0.320. The normalized spacial score (nSPS) is 10.7. The molecule has 0 radical (unpaired) electrons. The molecule has 23 heavy (non-hydrogen) atoms. The summed E-state index contributed by atoms with van der Waals surface area (Å²) in [7, 11) is 0. The molecule has 0 bridgehead atoms. The van der Waals surface area contributed by atoms with Gasteiger partial charge in [-0.1, -0.05) is 40.4 Å². The molecule has 0 saturated heterocycles. The Labute approximate surface area is 150 Å². The van der Waals surface area contributed by atoms with Crippen molar-refractivity contribution in [2.24, 2.45) is 0 Å². The van der Waals surface area contributed by atoms with Gasteiger partial charge in [-0.25, -0.2) is 0 Å². The Bertz CT molecular complexity index is 863. The Morgan fingerprint density at radius 1 is 1.30 bits per heavy atom. The second-order valence-corrected chi connectivity index (χ2v) is 7.44. The molecule has 0 aliphatic rings. The van der Waals surface area contributed by atoms with Gasteiger partial charge in [0.15, 0.2) is 0 Å². The molecule has 1 N–H and O–H groups in total. The number of aromatic nitrogens is 2. The molecule has 0 fully saturated rings. The summed E-state index contributed by atoms with van der Waals surface area (Å²) in [5, 5.41) is 10.3. The molecule has 3 rings (SSSR count). The molecule has 3 aromatic rings. The van der Waals surface area contributed by atoms with Gasteiger partial charge >= 0.3 is 6.01 Å². The van der Waals surface area contributed by atoms with Gasteiger partial charge in [-0.3, -0.25) is 10.1 Å². The molecular formula is C14H9Cl2N3O2S2. The molecule has 0 aliphatic carbocycles. The number of benzene rings is 1. The van der Waals surface area contributed by atoms with E-state index >= 15 is 0 Å². The van der Waals surface area contributed by atoms with E-state index in [2.05, 4.69) is 15.5 Å². The fourth-order valence-electron chi connectivity index (χ4n) is 1.87. The number of carbonyl (C=O) groups is 1. The highest BCUT2D eigenvalue weighted by Crippen LogP contribution is 2.37. The number of amides is 1. The molecule has 118 valence electrons. The van der Waals surface area contributed by atoms with Gasteiger partial charge in [-0.05, 0) is 24.5 Å². The zero-order valence-corrected chi connectivity index (χ0v) is 14.8. The van der Waals surface area contributed by atoms with Gasteiger partial charge in [0.25, 0.3) is 11.8 Å². The summed E-state index contributed by atoms with van der Waals surface area (Å²) in [6.07, 6.45) is 1.90. The highest BCUT2D eigenvalue weighted by atomic mass is 35.5. The van der Waals surface area contributed by atoms with Gasteiger partial charge in [-0.15, -0.1) is 28.2 Å². The lowest BCUT2D eigenvalue weighted by atomic mass is 10.2. The Balaban J connectivity index is 1.82. The van der Waals surface area contributed by atoms with Crippen LogP contribution < -0.4 is 5.32 Å². The van der Waals surface area contributed by atoms with Gasteiger partial charge in [0.05, 0.1) is 15.5 Å². The lowest BCUT2D eigenvalue weighted by Gasteiger charge is -2.05. The zero-order chi connectivity index (χ0) is 16.4. The lowest BCUT2D eigenvalue weighted by Crippen LogP contribution is -2.13. The third-order valence-electron chi connectivity index (χ3n) is 2.88. The molecular weight excluding hydrogens is 377 g/mol. The van der Waals surface area contributed by atoms with Crippen LogP contribution in [-0.4, -0.2) is 22.4 Å². The minimum absolute atomic E-state index is 0.000653. The molecule has 0 saturated carbocycles. The van der Waals surface area contributed by atoms with E-state index in [1.54, 1.807) is 18.2 Å². The van der Waals surface area contributed by atoms with Crippen LogP contribution in [-0.2, 0) is 0 Å². The number of rotatable bonds is 4. The Hall–Kier alpha value is -1.54. The SMILES string of the molecule is CSc1ccccc1C(=O)Nc1nnc(-c2cc(Cl)sc2Cl)o1. The van der Waals surface area contributed by atoms with E-state index in [4.69, 9.17) is 27.6 Å². The van der Waals surface area contributed by atoms with Crippen LogP contribution in [0.25, 0.3) is 11.5 Å². The van der Waals surface area contributed by atoms with Crippen LogP contribution in [0.2, 0.25) is 8.67 Å². The Kier molecular flexibility index (Phi) is 4.91. The van der Waals surface area contributed by atoms with Crippen molar-refractivity contribution in [2.75, 3.05) is 11.6 Å². The zero-order valence-electron chi connectivity index (χ0n) is 11.7. The molecule has 0 aliphatic heterocycles. The number of nitrogens with one attached hydrogen (secondary N) is 1. The standard InChI is InChI=1S/C14H9Cl2N3O2S2/c1-22-9-5-3-2-4-7(9)12(20)17-14-19-18-13(21-14)8-6-10(15)23-11(8)16/h2-6H,1H3,(H,17,19,20). The number of thioether (sulfide) groups is 1. The molecule has 5 nitrogen and oxygen atoms in total. The number of hydrogen-bond acceptors (Lipinski definition) is 6. The third kappa shape index (κ3) is 3.53. The predicted octanol–water partition coefficient (Wildman–Crippen LogP) is 5.08. The van der Waals surface area contributed by atoms with E-state index in [0.29, 0.717) is 19.8 Å². The van der Waals surface area contributed by atoms with Crippen molar-refractivity contribution < 1.29 is 9.21 Å². The maximum Gasteiger partial charge on any atom is 0.322 e. The molecule has 0 spiro atoms. The van der Waals surface area contributed by atoms with E-state index in [9.17, 15) is 4.79 Å². The van der Waals surface area contributed by atoms with Crippen LogP contribution in [0.5, 0.6) is 0 Å². The van der Waals surface area contributed by atoms with E-state index in [1.807, 2.05) is 18.4 Å². The van der Waals surface area contributed by atoms with Gasteiger partial charge < -0.3 is 4.42 Å². The number of nitrogens with zero attached hydrogens (tertiary/aromatic N) is 2. The lowest BCUT2D eigenvalue weighted by molar-refractivity contribution is 0.102. The fraction of sp³-hybridized carbons (Fsp3) is 0.0714. The van der Waals surface area contributed by atoms with Crippen LogP contribution in [0.15, 0.2) is 39.6 Å². The summed E-state index contributed by atoms with van der Waals surface area (Å²) >= 11 is 14.6. The highest BCUT2D eigenvalue weighted by Gasteiger charge is 2.18. The van der Waals surface area contributed by atoms with E-state index in [-0.39, 0.29) is 17.8 Å². The number of halogens is 2. The summed E-state index contributed by atoms with van der Waals surface area (Å²) in [6.45, 7) is 0. The molecule has 2 aromatic heterocycles. The smallest absolute Gasteiger partial charge is 0.322 e. The molecule has 1 amide bonds. The maximum atomic E-state index is 12.3. The second kappa shape index (κ2) is 6.92. The molecule has 1 aromatic carbocycles. The Morgan fingerprint density at radius 3 is 2.78 bits per heavy atom. The average molecular weight is 386 g/mol. The number of thiophene rings is 1. The summed E-state index contributed by atoms with van der Waals surface area (Å²) in [5.74, 6) is -0.119. The van der Waals surface area contributed by atoms with E-state index in [0.717, 1.165) is 4.90 Å². The van der Waals surface area contributed by atoms with Crippen molar-refractivity contribution in [2.45, 2.75) is 4.90 Å². The first-order valence-corrected chi connectivity index (χ1v) is 9.11. The van der Waals surface area contributed by atoms with E-state index < -0.39 is 0 Å². The number of hydrogen-bond donors (Lipinski definition) is 1. The van der Waals surface area contributed by atoms with Crippen LogP contribution in [0.4, 0.5) is 6.01 Å². The van der Waals surface area contributed by atoms with Gasteiger partial charge in [-0.2, -0.15) is 0 Å². The first-order chi connectivity index (χ1) is 11.1. The van der Waals surface area contributed by atoms with Gasteiger partial charge in [0.2, 0.25) is 0 Å². The van der Waals surface area contributed by atoms with E-state index in [1.165, 1.54) is 23.1 Å². The molecule has 0 unspecified atom stereocenters. The van der Waals surface area contributed by atoms with Crippen LogP contribution in [0, 0.1) is 0 Å². The first kappa shape index (κ1) is 16.3. The minimum Gasteiger partial charge on any atom is -0.403 e. The third-order valence-corrected chi connectivity index (χ3v) is 5.17. The number of anilines is 1. The Morgan fingerprint density at radius 2 is 2.09 bits per heavy atom. The van der Waals surface area contributed by atoms with Crippen molar-refractivity contribution in [3.63, 3.8) is 0 Å². The maximum absolute atomic E-state index is 12.3. The summed E-state index contributed by atoms with van der Waals surface area (Å²) in [4.78, 5) is 13.2. The molecule has 9 heteroatoms. The van der Waals surface area contributed by atoms with Crippen LogP contribution in [0.1, 0.15) is 10.4 Å².